The predicted molar refractivity (Wildman–Crippen MR) is 93.2 cm³/mol. The molecule has 0 aliphatic heterocycles. The molecule has 0 aliphatic rings. The maximum Gasteiger partial charge on any atom is 0.351 e. The summed E-state index contributed by atoms with van der Waals surface area (Å²) < 4.78 is 30.1. The summed E-state index contributed by atoms with van der Waals surface area (Å²) in [6.07, 6.45) is 1.96. The lowest BCUT2D eigenvalue weighted by atomic mass is 10.2. The molecule has 0 aliphatic carbocycles. The molecule has 2 aromatic rings. The maximum absolute atomic E-state index is 12.7. The number of aryl methyl sites for hydroxylation is 1. The third-order valence-electron chi connectivity index (χ3n) is 3.46. The summed E-state index contributed by atoms with van der Waals surface area (Å²) in [5.74, 6) is -0.919. The molecule has 126 valence electrons. The maximum atomic E-state index is 12.7. The first-order valence-corrected chi connectivity index (χ1v) is 8.91. The van der Waals surface area contributed by atoms with Gasteiger partial charge in [-0.1, -0.05) is 37.3 Å². The first-order valence-electron chi connectivity index (χ1n) is 7.43. The molecule has 2 rings (SSSR count). The zero-order valence-electron chi connectivity index (χ0n) is 13.5. The lowest BCUT2D eigenvalue weighted by molar-refractivity contribution is -0.135. The summed E-state index contributed by atoms with van der Waals surface area (Å²) >= 11 is 0. The molecule has 0 aromatic heterocycles. The number of anilines is 1. The Labute approximate surface area is 141 Å². The number of carbonyl (C=O) groups is 1. The van der Waals surface area contributed by atoms with E-state index in [9.17, 15) is 13.2 Å². The van der Waals surface area contributed by atoms with Gasteiger partial charge in [0.15, 0.2) is 4.91 Å². The number of para-hydroxylation sites is 1. The second kappa shape index (κ2) is 7.79. The average Bonchev–Trinajstić information content (AvgIpc) is 2.62. The van der Waals surface area contributed by atoms with Gasteiger partial charge < -0.3 is 10.1 Å². The van der Waals surface area contributed by atoms with Crippen LogP contribution in [-0.4, -0.2) is 21.5 Å². The van der Waals surface area contributed by atoms with Gasteiger partial charge in [0, 0.05) is 11.9 Å². The summed E-state index contributed by atoms with van der Waals surface area (Å²) in [4.78, 5) is 11.6. The van der Waals surface area contributed by atoms with E-state index in [1.54, 1.807) is 36.4 Å². The number of esters is 1. The highest BCUT2D eigenvalue weighted by Gasteiger charge is 2.28. The standard InChI is InChI=1S/C18H19NO4S/c1-3-14-9-11-16(12-10-14)24(21,22)17(18(20)23-2)13-19-15-7-5-4-6-8-15/h4-13,19H,3H2,1-2H3/b17-13-. The predicted octanol–water partition coefficient (Wildman–Crippen LogP) is 3.15. The summed E-state index contributed by atoms with van der Waals surface area (Å²) in [6.45, 7) is 1.98. The summed E-state index contributed by atoms with van der Waals surface area (Å²) in [6, 6.07) is 15.4. The topological polar surface area (TPSA) is 72.5 Å². The highest BCUT2D eigenvalue weighted by molar-refractivity contribution is 7.96. The van der Waals surface area contributed by atoms with Crippen molar-refractivity contribution in [2.24, 2.45) is 0 Å². The average molecular weight is 345 g/mol. The number of nitrogens with one attached hydrogen (secondary N) is 1. The molecular weight excluding hydrogens is 326 g/mol. The lowest BCUT2D eigenvalue weighted by Gasteiger charge is -2.09. The molecule has 2 aromatic carbocycles. The van der Waals surface area contributed by atoms with Crippen LogP contribution < -0.4 is 5.32 Å². The van der Waals surface area contributed by atoms with Crippen molar-refractivity contribution in [3.63, 3.8) is 0 Å². The van der Waals surface area contributed by atoms with E-state index in [2.05, 4.69) is 10.1 Å². The van der Waals surface area contributed by atoms with E-state index >= 15 is 0 Å². The molecule has 0 radical (unpaired) electrons. The van der Waals surface area contributed by atoms with Crippen molar-refractivity contribution in [3.05, 3.63) is 71.3 Å². The van der Waals surface area contributed by atoms with Crippen LogP contribution in [0.2, 0.25) is 0 Å². The fourth-order valence-electron chi connectivity index (χ4n) is 2.06. The van der Waals surface area contributed by atoms with E-state index < -0.39 is 20.7 Å². The van der Waals surface area contributed by atoms with Crippen LogP contribution in [0.1, 0.15) is 12.5 Å². The molecule has 0 unspecified atom stereocenters. The summed E-state index contributed by atoms with van der Waals surface area (Å²) in [5.41, 5.74) is 1.68. The van der Waals surface area contributed by atoms with Crippen LogP contribution in [0, 0.1) is 0 Å². The minimum Gasteiger partial charge on any atom is -0.465 e. The van der Waals surface area contributed by atoms with Crippen molar-refractivity contribution in [2.75, 3.05) is 12.4 Å². The Morgan fingerprint density at radius 1 is 1.08 bits per heavy atom. The van der Waals surface area contributed by atoms with E-state index in [-0.39, 0.29) is 4.90 Å². The number of hydrogen-bond donors (Lipinski definition) is 1. The van der Waals surface area contributed by atoms with Gasteiger partial charge in [-0.2, -0.15) is 0 Å². The SMILES string of the molecule is CCc1ccc(S(=O)(=O)/C(=C\Nc2ccccc2)C(=O)OC)cc1. The van der Waals surface area contributed by atoms with Gasteiger partial charge in [0.25, 0.3) is 0 Å². The Bertz CT molecular complexity index is 825. The van der Waals surface area contributed by atoms with Crippen LogP contribution in [0.15, 0.2) is 70.6 Å². The Kier molecular flexibility index (Phi) is 5.76. The molecular formula is C18H19NO4S. The first kappa shape index (κ1) is 17.7. The molecule has 0 saturated carbocycles. The molecule has 1 N–H and O–H groups in total. The molecule has 0 bridgehead atoms. The van der Waals surface area contributed by atoms with E-state index in [4.69, 9.17) is 0 Å². The van der Waals surface area contributed by atoms with Crippen molar-refractivity contribution >= 4 is 21.5 Å². The van der Waals surface area contributed by atoms with Gasteiger partial charge in [0.05, 0.1) is 12.0 Å². The number of sulfone groups is 1. The van der Waals surface area contributed by atoms with Gasteiger partial charge in [0.1, 0.15) is 0 Å². The molecule has 6 heteroatoms. The highest BCUT2D eigenvalue weighted by atomic mass is 32.2. The molecule has 0 amide bonds. The highest BCUT2D eigenvalue weighted by Crippen LogP contribution is 2.21. The smallest absolute Gasteiger partial charge is 0.351 e. The Morgan fingerprint density at radius 3 is 2.25 bits per heavy atom. The second-order valence-corrected chi connectivity index (χ2v) is 6.93. The molecule has 0 spiro atoms. The molecule has 0 fully saturated rings. The van der Waals surface area contributed by atoms with E-state index in [0.29, 0.717) is 5.69 Å². The largest absolute Gasteiger partial charge is 0.465 e. The van der Waals surface area contributed by atoms with E-state index in [0.717, 1.165) is 25.3 Å². The van der Waals surface area contributed by atoms with Crippen LogP contribution in [0.5, 0.6) is 0 Å². The first-order chi connectivity index (χ1) is 11.5. The molecule has 0 atom stereocenters. The third kappa shape index (κ3) is 4.02. The number of carbonyl (C=O) groups excluding carboxylic acids is 1. The van der Waals surface area contributed by atoms with Crippen molar-refractivity contribution in [3.8, 4) is 0 Å². The van der Waals surface area contributed by atoms with Gasteiger partial charge in [-0.3, -0.25) is 0 Å². The fraction of sp³-hybridized carbons (Fsp3) is 0.167. The third-order valence-corrected chi connectivity index (χ3v) is 5.22. The van der Waals surface area contributed by atoms with Crippen LogP contribution in [0.25, 0.3) is 0 Å². The van der Waals surface area contributed by atoms with Crippen LogP contribution in [-0.2, 0) is 25.8 Å². The number of methoxy groups -OCH3 is 1. The summed E-state index contributed by atoms with van der Waals surface area (Å²) in [7, 11) is -2.84. The molecule has 24 heavy (non-hydrogen) atoms. The fourth-order valence-corrected chi connectivity index (χ4v) is 3.33. The monoisotopic (exact) mass is 345 g/mol. The Balaban J connectivity index is 2.40. The zero-order chi connectivity index (χ0) is 17.6. The molecule has 0 saturated heterocycles. The number of ether oxygens (including phenoxy) is 1. The van der Waals surface area contributed by atoms with Crippen LogP contribution in [0.3, 0.4) is 0 Å². The van der Waals surface area contributed by atoms with Crippen LogP contribution in [0.4, 0.5) is 5.69 Å². The van der Waals surface area contributed by atoms with Crippen molar-refractivity contribution in [2.45, 2.75) is 18.2 Å². The molecule has 5 nitrogen and oxygen atoms in total. The van der Waals surface area contributed by atoms with Gasteiger partial charge >= 0.3 is 5.97 Å². The Morgan fingerprint density at radius 2 is 1.71 bits per heavy atom. The van der Waals surface area contributed by atoms with Crippen molar-refractivity contribution in [1.82, 2.24) is 0 Å². The van der Waals surface area contributed by atoms with E-state index in [1.165, 1.54) is 12.1 Å². The molecule has 0 heterocycles. The van der Waals surface area contributed by atoms with Crippen molar-refractivity contribution < 1.29 is 17.9 Å². The number of rotatable bonds is 6. The van der Waals surface area contributed by atoms with Gasteiger partial charge in [-0.25, -0.2) is 13.2 Å². The minimum absolute atomic E-state index is 0.0474. The second-order valence-electron chi connectivity index (χ2n) is 5.01. The van der Waals surface area contributed by atoms with Gasteiger partial charge in [-0.15, -0.1) is 0 Å². The van der Waals surface area contributed by atoms with E-state index in [1.807, 2.05) is 13.0 Å². The minimum atomic E-state index is -3.98. The zero-order valence-corrected chi connectivity index (χ0v) is 14.3. The number of benzene rings is 2. The van der Waals surface area contributed by atoms with Gasteiger partial charge in [0.2, 0.25) is 9.84 Å². The summed E-state index contributed by atoms with van der Waals surface area (Å²) in [5, 5.41) is 2.82. The number of hydrogen-bond acceptors (Lipinski definition) is 5. The van der Waals surface area contributed by atoms with Crippen molar-refractivity contribution in [1.29, 1.82) is 0 Å². The Hall–Kier alpha value is -2.60. The van der Waals surface area contributed by atoms with Gasteiger partial charge in [-0.05, 0) is 36.2 Å². The quantitative estimate of drug-likeness (QED) is 0.643. The van der Waals surface area contributed by atoms with Crippen LogP contribution >= 0.6 is 0 Å². The normalized spacial score (nSPS) is 11.8. The lowest BCUT2D eigenvalue weighted by Crippen LogP contribution is -2.17.